The molecule has 0 spiro atoms. The molecular weight excluding hydrogens is 325 g/mol. The number of halogens is 1. The maximum atomic E-state index is 13.3. The fourth-order valence-electron chi connectivity index (χ4n) is 1.92. The van der Waals surface area contributed by atoms with Crippen LogP contribution < -0.4 is 15.0 Å². The Morgan fingerprint density at radius 1 is 1.35 bits per heavy atom. The lowest BCUT2D eigenvalue weighted by atomic mass is 10.3. The van der Waals surface area contributed by atoms with E-state index in [2.05, 4.69) is 9.71 Å². The van der Waals surface area contributed by atoms with E-state index in [4.69, 9.17) is 4.74 Å². The quantitative estimate of drug-likeness (QED) is 0.834. The number of aromatic nitrogens is 2. The number of benzene rings is 1. The summed E-state index contributed by atoms with van der Waals surface area (Å²) in [5.41, 5.74) is 0.302. The van der Waals surface area contributed by atoms with Crippen molar-refractivity contribution < 1.29 is 17.5 Å². The molecule has 0 atom stereocenters. The molecule has 0 fully saturated rings. The third kappa shape index (κ3) is 4.14. The van der Waals surface area contributed by atoms with E-state index < -0.39 is 15.8 Å². The minimum Gasteiger partial charge on any atom is -0.495 e. The first-order valence-corrected chi connectivity index (χ1v) is 8.18. The third-order valence-corrected chi connectivity index (χ3v) is 4.56. The standard InChI is InChI=1S/C14H16FN3O4S/c1-10-7-14(19)18(9-16-10)6-5-17-23(20,21)13-8-11(15)3-4-12(13)22-2/h3-4,7-9,17H,5-6H2,1-2H3. The molecule has 7 nitrogen and oxygen atoms in total. The predicted octanol–water partition coefficient (Wildman–Crippen LogP) is 0.678. The van der Waals surface area contributed by atoms with E-state index in [9.17, 15) is 17.6 Å². The Morgan fingerprint density at radius 2 is 2.09 bits per heavy atom. The number of methoxy groups -OCH3 is 1. The van der Waals surface area contributed by atoms with Crippen molar-refractivity contribution in [1.29, 1.82) is 0 Å². The smallest absolute Gasteiger partial charge is 0.253 e. The van der Waals surface area contributed by atoms with E-state index in [1.807, 2.05) is 0 Å². The van der Waals surface area contributed by atoms with Gasteiger partial charge in [-0.3, -0.25) is 9.36 Å². The van der Waals surface area contributed by atoms with Crippen molar-refractivity contribution in [2.24, 2.45) is 0 Å². The fraction of sp³-hybridized carbons (Fsp3) is 0.286. The molecule has 0 unspecified atom stereocenters. The van der Waals surface area contributed by atoms with Gasteiger partial charge >= 0.3 is 0 Å². The molecule has 2 aromatic rings. The second kappa shape index (κ2) is 6.88. The van der Waals surface area contributed by atoms with Crippen molar-refractivity contribution in [3.05, 3.63) is 52.5 Å². The molecule has 1 N–H and O–H groups in total. The van der Waals surface area contributed by atoms with Crippen LogP contribution in [-0.4, -0.2) is 31.6 Å². The van der Waals surface area contributed by atoms with Gasteiger partial charge in [0.2, 0.25) is 10.0 Å². The lowest BCUT2D eigenvalue weighted by Crippen LogP contribution is -2.31. The molecule has 0 bridgehead atoms. The fourth-order valence-corrected chi connectivity index (χ4v) is 3.12. The maximum Gasteiger partial charge on any atom is 0.253 e. The third-order valence-electron chi connectivity index (χ3n) is 3.08. The SMILES string of the molecule is COc1ccc(F)cc1S(=O)(=O)NCCn1cnc(C)cc1=O. The molecule has 0 amide bonds. The van der Waals surface area contributed by atoms with Gasteiger partial charge in [0.25, 0.3) is 5.56 Å². The van der Waals surface area contributed by atoms with Crippen molar-refractivity contribution in [2.75, 3.05) is 13.7 Å². The Hall–Kier alpha value is -2.26. The number of nitrogens with one attached hydrogen (secondary N) is 1. The zero-order chi connectivity index (χ0) is 17.0. The number of nitrogens with zero attached hydrogens (tertiary/aromatic N) is 2. The van der Waals surface area contributed by atoms with Gasteiger partial charge in [-0.05, 0) is 25.1 Å². The second-order valence-corrected chi connectivity index (χ2v) is 6.49. The lowest BCUT2D eigenvalue weighted by Gasteiger charge is -2.11. The summed E-state index contributed by atoms with van der Waals surface area (Å²) in [5.74, 6) is -0.654. The van der Waals surface area contributed by atoms with Crippen molar-refractivity contribution in [2.45, 2.75) is 18.4 Å². The highest BCUT2D eigenvalue weighted by molar-refractivity contribution is 7.89. The summed E-state index contributed by atoms with van der Waals surface area (Å²) in [4.78, 5) is 15.4. The van der Waals surface area contributed by atoms with Gasteiger partial charge in [0.1, 0.15) is 16.5 Å². The molecule has 2 rings (SSSR count). The summed E-state index contributed by atoms with van der Waals surface area (Å²) in [6.07, 6.45) is 1.34. The molecule has 0 radical (unpaired) electrons. The Kier molecular flexibility index (Phi) is 5.12. The molecule has 1 aromatic heterocycles. The Labute approximate surface area is 132 Å². The lowest BCUT2D eigenvalue weighted by molar-refractivity contribution is 0.400. The van der Waals surface area contributed by atoms with Gasteiger partial charge in [-0.2, -0.15) is 0 Å². The second-order valence-electron chi connectivity index (χ2n) is 4.75. The first-order valence-electron chi connectivity index (χ1n) is 6.70. The molecule has 23 heavy (non-hydrogen) atoms. The van der Waals surface area contributed by atoms with Gasteiger partial charge in [0.05, 0.1) is 13.4 Å². The molecule has 0 saturated heterocycles. The molecular formula is C14H16FN3O4S. The van der Waals surface area contributed by atoms with Crippen LogP contribution in [0.3, 0.4) is 0 Å². The summed E-state index contributed by atoms with van der Waals surface area (Å²) in [5, 5.41) is 0. The molecule has 9 heteroatoms. The summed E-state index contributed by atoms with van der Waals surface area (Å²) in [7, 11) is -2.67. The largest absolute Gasteiger partial charge is 0.495 e. The van der Waals surface area contributed by atoms with Gasteiger partial charge < -0.3 is 4.74 Å². The summed E-state index contributed by atoms with van der Waals surface area (Å²) in [6, 6.07) is 4.57. The van der Waals surface area contributed by atoms with Gasteiger partial charge in [-0.15, -0.1) is 0 Å². The Bertz CT molecular complexity index is 865. The highest BCUT2D eigenvalue weighted by atomic mass is 32.2. The van der Waals surface area contributed by atoms with Crippen molar-refractivity contribution >= 4 is 10.0 Å². The highest BCUT2D eigenvalue weighted by Crippen LogP contribution is 2.23. The van der Waals surface area contributed by atoms with Gasteiger partial charge in [0.15, 0.2) is 0 Å². The molecule has 0 aliphatic rings. The summed E-state index contributed by atoms with van der Waals surface area (Å²) < 4.78 is 46.3. The molecule has 1 aromatic carbocycles. The Morgan fingerprint density at radius 3 is 2.74 bits per heavy atom. The van der Waals surface area contributed by atoms with Crippen LogP contribution in [0.15, 0.2) is 40.3 Å². The van der Waals surface area contributed by atoms with Crippen LogP contribution in [0.4, 0.5) is 4.39 Å². The molecule has 0 aliphatic heterocycles. The summed E-state index contributed by atoms with van der Waals surface area (Å²) >= 11 is 0. The van der Waals surface area contributed by atoms with E-state index >= 15 is 0 Å². The number of rotatable bonds is 6. The van der Waals surface area contributed by atoms with Gasteiger partial charge in [0, 0.05) is 24.8 Å². The maximum absolute atomic E-state index is 13.3. The van der Waals surface area contributed by atoms with Crippen LogP contribution in [0.2, 0.25) is 0 Å². The average molecular weight is 341 g/mol. The van der Waals surface area contributed by atoms with Crippen molar-refractivity contribution in [3.8, 4) is 5.75 Å². The highest BCUT2D eigenvalue weighted by Gasteiger charge is 2.20. The minimum atomic E-state index is -3.97. The van der Waals surface area contributed by atoms with Crippen molar-refractivity contribution in [1.82, 2.24) is 14.3 Å². The van der Waals surface area contributed by atoms with E-state index in [1.165, 1.54) is 30.1 Å². The van der Waals surface area contributed by atoms with Crippen LogP contribution in [0, 0.1) is 12.7 Å². The zero-order valence-corrected chi connectivity index (χ0v) is 13.4. The molecule has 1 heterocycles. The van der Waals surface area contributed by atoms with E-state index in [-0.39, 0.29) is 29.3 Å². The molecule has 124 valence electrons. The van der Waals surface area contributed by atoms with E-state index in [0.29, 0.717) is 5.69 Å². The number of hydrogen-bond acceptors (Lipinski definition) is 5. The Balaban J connectivity index is 2.13. The number of ether oxygens (including phenoxy) is 1. The van der Waals surface area contributed by atoms with Gasteiger partial charge in [-0.25, -0.2) is 22.5 Å². The monoisotopic (exact) mass is 341 g/mol. The topological polar surface area (TPSA) is 90.3 Å². The molecule has 0 aliphatic carbocycles. The first-order chi connectivity index (χ1) is 10.8. The number of sulfonamides is 1. The van der Waals surface area contributed by atoms with Crippen molar-refractivity contribution in [3.63, 3.8) is 0 Å². The van der Waals surface area contributed by atoms with Crippen LogP contribution in [0.1, 0.15) is 5.69 Å². The minimum absolute atomic E-state index is 0.0352. The van der Waals surface area contributed by atoms with Crippen LogP contribution in [-0.2, 0) is 16.6 Å². The first kappa shape index (κ1) is 17.1. The summed E-state index contributed by atoms with van der Waals surface area (Å²) in [6.45, 7) is 1.74. The number of aryl methyl sites for hydroxylation is 1. The van der Waals surface area contributed by atoms with Crippen LogP contribution >= 0.6 is 0 Å². The predicted molar refractivity (Wildman–Crippen MR) is 81.4 cm³/mol. The van der Waals surface area contributed by atoms with Crippen LogP contribution in [0.5, 0.6) is 5.75 Å². The molecule has 0 saturated carbocycles. The van der Waals surface area contributed by atoms with E-state index in [1.54, 1.807) is 6.92 Å². The van der Waals surface area contributed by atoms with E-state index in [0.717, 1.165) is 12.1 Å². The average Bonchev–Trinajstić information content (AvgIpc) is 2.49. The number of hydrogen-bond donors (Lipinski definition) is 1. The normalized spacial score (nSPS) is 11.4. The zero-order valence-electron chi connectivity index (χ0n) is 12.6. The van der Waals surface area contributed by atoms with Crippen LogP contribution in [0.25, 0.3) is 0 Å². The van der Waals surface area contributed by atoms with Gasteiger partial charge in [-0.1, -0.05) is 0 Å².